The Morgan fingerprint density at radius 1 is 1.00 bits per heavy atom. The van der Waals surface area contributed by atoms with Gasteiger partial charge >= 0.3 is 0 Å². The highest BCUT2D eigenvalue weighted by molar-refractivity contribution is 7.92. The van der Waals surface area contributed by atoms with Gasteiger partial charge < -0.3 is 4.90 Å². The van der Waals surface area contributed by atoms with Crippen molar-refractivity contribution in [3.8, 4) is 0 Å². The number of anilines is 1. The van der Waals surface area contributed by atoms with Crippen LogP contribution in [-0.4, -0.2) is 55.3 Å². The predicted octanol–water partition coefficient (Wildman–Crippen LogP) is 3.80. The van der Waals surface area contributed by atoms with Gasteiger partial charge in [0.2, 0.25) is 0 Å². The summed E-state index contributed by atoms with van der Waals surface area (Å²) in [5.74, 6) is -0.0624. The number of benzene rings is 2. The van der Waals surface area contributed by atoms with Crippen molar-refractivity contribution in [1.29, 1.82) is 0 Å². The van der Waals surface area contributed by atoms with Gasteiger partial charge in [0.1, 0.15) is 0 Å². The Hall–Kier alpha value is -2.94. The first-order valence-electron chi connectivity index (χ1n) is 10.6. The molecule has 3 aromatic rings. The van der Waals surface area contributed by atoms with Crippen LogP contribution in [0.2, 0.25) is 5.02 Å². The van der Waals surface area contributed by atoms with E-state index in [1.54, 1.807) is 49.5 Å². The number of hydrogen-bond acceptors (Lipinski definition) is 5. The van der Waals surface area contributed by atoms with Gasteiger partial charge in [-0.2, -0.15) is 0 Å². The van der Waals surface area contributed by atoms with Crippen LogP contribution in [0.5, 0.6) is 0 Å². The molecule has 2 aromatic carbocycles. The normalized spacial score (nSPS) is 14.8. The number of rotatable bonds is 6. The quantitative estimate of drug-likeness (QED) is 0.575. The van der Waals surface area contributed by atoms with Gasteiger partial charge in [0, 0.05) is 55.2 Å². The van der Waals surface area contributed by atoms with E-state index in [1.807, 2.05) is 23.1 Å². The largest absolute Gasteiger partial charge is 0.336 e. The molecule has 4 rings (SSSR count). The standard InChI is InChI=1S/C24H25ClN4O3S/c1-18-22(25)6-4-7-23(18)33(31,32)27-20-10-8-19(9-11-20)24(30)29-15-13-28(14-16-29)17-21-5-2-3-12-26-21/h2-12,27H,13-17H2,1H3. The third-order valence-corrected chi connectivity index (χ3v) is 7.60. The molecule has 1 aliphatic heterocycles. The maximum absolute atomic E-state index is 12.9. The zero-order valence-electron chi connectivity index (χ0n) is 18.2. The minimum Gasteiger partial charge on any atom is -0.336 e. The molecule has 0 bridgehead atoms. The number of sulfonamides is 1. The van der Waals surface area contributed by atoms with E-state index in [9.17, 15) is 13.2 Å². The Labute approximate surface area is 199 Å². The first-order chi connectivity index (χ1) is 15.8. The number of pyridine rings is 1. The fraction of sp³-hybridized carbons (Fsp3) is 0.250. The molecule has 1 aliphatic rings. The number of aromatic nitrogens is 1. The average molecular weight is 485 g/mol. The summed E-state index contributed by atoms with van der Waals surface area (Å²) in [6, 6.07) is 17.1. The van der Waals surface area contributed by atoms with Gasteiger partial charge in [0.05, 0.1) is 10.6 Å². The lowest BCUT2D eigenvalue weighted by Gasteiger charge is -2.34. The lowest BCUT2D eigenvalue weighted by molar-refractivity contribution is 0.0627. The molecule has 7 nitrogen and oxygen atoms in total. The second-order valence-corrected chi connectivity index (χ2v) is 9.99. The van der Waals surface area contributed by atoms with Crippen LogP contribution >= 0.6 is 11.6 Å². The van der Waals surface area contributed by atoms with E-state index in [0.717, 1.165) is 25.3 Å². The number of hydrogen-bond donors (Lipinski definition) is 1. The Balaban J connectivity index is 1.36. The van der Waals surface area contributed by atoms with Gasteiger partial charge in [-0.05, 0) is 61.0 Å². The fourth-order valence-electron chi connectivity index (χ4n) is 3.78. The molecule has 2 heterocycles. The Morgan fingerprint density at radius 3 is 2.39 bits per heavy atom. The molecule has 0 atom stereocenters. The molecule has 1 saturated heterocycles. The summed E-state index contributed by atoms with van der Waals surface area (Å²) in [4.78, 5) is 21.5. The second kappa shape index (κ2) is 9.91. The molecule has 0 spiro atoms. The van der Waals surface area contributed by atoms with Gasteiger partial charge in [0.15, 0.2) is 0 Å². The molecule has 9 heteroatoms. The van der Waals surface area contributed by atoms with Crippen molar-refractivity contribution in [2.45, 2.75) is 18.4 Å². The van der Waals surface area contributed by atoms with Crippen molar-refractivity contribution in [1.82, 2.24) is 14.8 Å². The second-order valence-electron chi connectivity index (χ2n) is 7.94. The summed E-state index contributed by atoms with van der Waals surface area (Å²) in [6.07, 6.45) is 1.79. The molecule has 0 unspecified atom stereocenters. The fourth-order valence-corrected chi connectivity index (χ4v) is 5.34. The Morgan fingerprint density at radius 2 is 1.73 bits per heavy atom. The maximum Gasteiger partial charge on any atom is 0.262 e. The first-order valence-corrected chi connectivity index (χ1v) is 12.5. The molecule has 1 amide bonds. The van der Waals surface area contributed by atoms with E-state index in [4.69, 9.17) is 11.6 Å². The van der Waals surface area contributed by atoms with Crippen LogP contribution in [0.15, 0.2) is 71.8 Å². The number of carbonyl (C=O) groups excluding carboxylic acids is 1. The van der Waals surface area contributed by atoms with Crippen LogP contribution in [0.4, 0.5) is 5.69 Å². The number of halogens is 1. The SMILES string of the molecule is Cc1c(Cl)cccc1S(=O)(=O)Nc1ccc(C(=O)N2CCN(Cc3ccccn3)CC2)cc1. The van der Waals surface area contributed by atoms with Gasteiger partial charge in [-0.15, -0.1) is 0 Å². The summed E-state index contributed by atoms with van der Waals surface area (Å²) >= 11 is 6.06. The number of nitrogens with one attached hydrogen (secondary N) is 1. The summed E-state index contributed by atoms with van der Waals surface area (Å²) in [5.41, 5.74) is 2.41. The average Bonchev–Trinajstić information content (AvgIpc) is 2.82. The minimum atomic E-state index is -3.79. The molecule has 1 fully saturated rings. The van der Waals surface area contributed by atoms with E-state index in [0.29, 0.717) is 34.9 Å². The van der Waals surface area contributed by atoms with Crippen molar-refractivity contribution in [2.24, 2.45) is 0 Å². The number of nitrogens with zero attached hydrogens (tertiary/aromatic N) is 3. The highest BCUT2D eigenvalue weighted by Crippen LogP contribution is 2.25. The van der Waals surface area contributed by atoms with Gasteiger partial charge in [-0.25, -0.2) is 8.42 Å². The highest BCUT2D eigenvalue weighted by atomic mass is 35.5. The van der Waals surface area contributed by atoms with Crippen molar-refractivity contribution in [2.75, 3.05) is 30.9 Å². The van der Waals surface area contributed by atoms with E-state index in [-0.39, 0.29) is 10.8 Å². The summed E-state index contributed by atoms with van der Waals surface area (Å²) < 4.78 is 28.1. The van der Waals surface area contributed by atoms with Crippen LogP contribution in [0.25, 0.3) is 0 Å². The molecule has 172 valence electrons. The zero-order valence-corrected chi connectivity index (χ0v) is 19.8. The van der Waals surface area contributed by atoms with Crippen LogP contribution in [-0.2, 0) is 16.6 Å². The third-order valence-electron chi connectivity index (χ3n) is 5.66. The van der Waals surface area contributed by atoms with Crippen LogP contribution < -0.4 is 4.72 Å². The molecule has 0 radical (unpaired) electrons. The van der Waals surface area contributed by atoms with Crippen molar-refractivity contribution in [3.63, 3.8) is 0 Å². The number of piperazine rings is 1. The molecular weight excluding hydrogens is 460 g/mol. The Bertz CT molecular complexity index is 1230. The van der Waals surface area contributed by atoms with Crippen LogP contribution in [0.3, 0.4) is 0 Å². The van der Waals surface area contributed by atoms with Crippen molar-refractivity contribution < 1.29 is 13.2 Å². The van der Waals surface area contributed by atoms with E-state index < -0.39 is 10.0 Å². The lowest BCUT2D eigenvalue weighted by Crippen LogP contribution is -2.48. The number of carbonyl (C=O) groups is 1. The topological polar surface area (TPSA) is 82.6 Å². The van der Waals surface area contributed by atoms with Crippen LogP contribution in [0, 0.1) is 6.92 Å². The molecule has 0 saturated carbocycles. The van der Waals surface area contributed by atoms with E-state index >= 15 is 0 Å². The monoisotopic (exact) mass is 484 g/mol. The van der Waals surface area contributed by atoms with Gasteiger partial charge in [-0.1, -0.05) is 23.7 Å². The smallest absolute Gasteiger partial charge is 0.262 e. The van der Waals surface area contributed by atoms with Crippen LogP contribution in [0.1, 0.15) is 21.6 Å². The van der Waals surface area contributed by atoms with E-state index in [2.05, 4.69) is 14.6 Å². The van der Waals surface area contributed by atoms with Gasteiger partial charge in [-0.3, -0.25) is 19.4 Å². The minimum absolute atomic E-state index is 0.0624. The Kier molecular flexibility index (Phi) is 6.97. The third kappa shape index (κ3) is 5.52. The molecule has 1 N–H and O–H groups in total. The van der Waals surface area contributed by atoms with Gasteiger partial charge in [0.25, 0.3) is 15.9 Å². The van der Waals surface area contributed by atoms with Crippen molar-refractivity contribution >= 4 is 33.2 Å². The predicted molar refractivity (Wildman–Crippen MR) is 129 cm³/mol. The number of amides is 1. The lowest BCUT2D eigenvalue weighted by atomic mass is 10.1. The molecular formula is C24H25ClN4O3S. The maximum atomic E-state index is 12.9. The zero-order chi connectivity index (χ0) is 23.4. The van der Waals surface area contributed by atoms with E-state index in [1.165, 1.54) is 6.07 Å². The summed E-state index contributed by atoms with van der Waals surface area (Å²) in [7, 11) is -3.79. The molecule has 0 aliphatic carbocycles. The highest BCUT2D eigenvalue weighted by Gasteiger charge is 2.23. The summed E-state index contributed by atoms with van der Waals surface area (Å²) in [6.45, 7) is 5.25. The summed E-state index contributed by atoms with van der Waals surface area (Å²) in [5, 5.41) is 0.388. The molecule has 33 heavy (non-hydrogen) atoms. The molecule has 1 aromatic heterocycles. The van der Waals surface area contributed by atoms with Crippen molar-refractivity contribution in [3.05, 3.63) is 88.7 Å². The first kappa shape index (κ1) is 23.2.